The van der Waals surface area contributed by atoms with Crippen LogP contribution >= 0.6 is 11.8 Å². The molecule has 1 atom stereocenters. The highest BCUT2D eigenvalue weighted by Gasteiger charge is 2.36. The van der Waals surface area contributed by atoms with E-state index in [-0.39, 0.29) is 5.82 Å². The average molecular weight is 292 g/mol. The van der Waals surface area contributed by atoms with Gasteiger partial charge in [-0.25, -0.2) is 9.97 Å². The fourth-order valence-electron chi connectivity index (χ4n) is 1.88. The van der Waals surface area contributed by atoms with Gasteiger partial charge in [0.1, 0.15) is 11.6 Å². The second-order valence-electron chi connectivity index (χ2n) is 4.31. The fourth-order valence-corrected chi connectivity index (χ4v) is 2.89. The highest BCUT2D eigenvalue weighted by atomic mass is 32.2. The summed E-state index contributed by atoms with van der Waals surface area (Å²) in [5.41, 5.74) is 0. The number of hydrogen-bond acceptors (Lipinski definition) is 5. The minimum atomic E-state index is -4.53. The Kier molecular flexibility index (Phi) is 4.07. The first kappa shape index (κ1) is 14.2. The standard InChI is InChI=1S/C11H15F3N4S/c1-7-6-18(3-4-19-7)9-5-8(15-2)16-10(17-9)11(12,13)14/h5,7H,3-4,6H2,1-2H3,(H,15,16,17). The molecule has 8 heteroatoms. The molecule has 19 heavy (non-hydrogen) atoms. The maximum absolute atomic E-state index is 12.8. The number of thioether (sulfide) groups is 1. The summed E-state index contributed by atoms with van der Waals surface area (Å²) < 4.78 is 38.3. The summed E-state index contributed by atoms with van der Waals surface area (Å²) in [4.78, 5) is 8.98. The first-order chi connectivity index (χ1) is 8.90. The third-order valence-corrected chi connectivity index (χ3v) is 3.92. The van der Waals surface area contributed by atoms with Crippen molar-refractivity contribution in [1.29, 1.82) is 0 Å². The third-order valence-electron chi connectivity index (χ3n) is 2.79. The maximum Gasteiger partial charge on any atom is 0.451 e. The first-order valence-corrected chi connectivity index (χ1v) is 6.95. The Morgan fingerprint density at radius 3 is 2.74 bits per heavy atom. The van der Waals surface area contributed by atoms with E-state index in [1.165, 1.54) is 0 Å². The van der Waals surface area contributed by atoms with Gasteiger partial charge in [0.25, 0.3) is 0 Å². The number of hydrogen-bond donors (Lipinski definition) is 1. The van der Waals surface area contributed by atoms with Crippen LogP contribution in [0.3, 0.4) is 0 Å². The van der Waals surface area contributed by atoms with Gasteiger partial charge in [-0.2, -0.15) is 24.9 Å². The first-order valence-electron chi connectivity index (χ1n) is 5.90. The van der Waals surface area contributed by atoms with E-state index in [0.717, 1.165) is 5.75 Å². The van der Waals surface area contributed by atoms with Crippen LogP contribution in [0.5, 0.6) is 0 Å². The molecule has 1 aromatic heterocycles. The summed E-state index contributed by atoms with van der Waals surface area (Å²) in [6, 6.07) is 1.55. The molecular weight excluding hydrogens is 277 g/mol. The largest absolute Gasteiger partial charge is 0.451 e. The Morgan fingerprint density at radius 1 is 1.42 bits per heavy atom. The van der Waals surface area contributed by atoms with E-state index in [0.29, 0.717) is 24.2 Å². The van der Waals surface area contributed by atoms with Gasteiger partial charge in [0, 0.05) is 37.2 Å². The summed E-state index contributed by atoms with van der Waals surface area (Å²) >= 11 is 1.81. The normalized spacial score (nSPS) is 20.5. The van der Waals surface area contributed by atoms with Crippen LogP contribution < -0.4 is 10.2 Å². The van der Waals surface area contributed by atoms with Crippen molar-refractivity contribution < 1.29 is 13.2 Å². The quantitative estimate of drug-likeness (QED) is 0.907. The SMILES string of the molecule is CNc1cc(N2CCSC(C)C2)nc(C(F)(F)F)n1. The van der Waals surface area contributed by atoms with E-state index in [1.54, 1.807) is 13.1 Å². The molecule has 0 bridgehead atoms. The molecule has 1 aromatic rings. The third kappa shape index (κ3) is 3.43. The predicted octanol–water partition coefficient (Wildman–Crippen LogP) is 2.48. The van der Waals surface area contributed by atoms with Gasteiger partial charge in [-0.3, -0.25) is 0 Å². The van der Waals surface area contributed by atoms with E-state index >= 15 is 0 Å². The second-order valence-corrected chi connectivity index (χ2v) is 5.86. The number of halogens is 3. The second kappa shape index (κ2) is 5.44. The van der Waals surface area contributed by atoms with Crippen LogP contribution in [0.25, 0.3) is 0 Å². The summed E-state index contributed by atoms with van der Waals surface area (Å²) in [7, 11) is 1.54. The lowest BCUT2D eigenvalue weighted by Gasteiger charge is -2.31. The monoisotopic (exact) mass is 292 g/mol. The molecule has 0 radical (unpaired) electrons. The van der Waals surface area contributed by atoms with Gasteiger partial charge < -0.3 is 10.2 Å². The number of aromatic nitrogens is 2. The van der Waals surface area contributed by atoms with Crippen molar-refractivity contribution in [3.8, 4) is 0 Å². The molecule has 4 nitrogen and oxygen atoms in total. The van der Waals surface area contributed by atoms with Crippen LogP contribution in [0.1, 0.15) is 12.7 Å². The van der Waals surface area contributed by atoms with Crippen molar-refractivity contribution in [2.75, 3.05) is 36.1 Å². The molecule has 0 amide bonds. The van der Waals surface area contributed by atoms with E-state index in [2.05, 4.69) is 22.2 Å². The van der Waals surface area contributed by atoms with Crippen molar-refractivity contribution in [3.63, 3.8) is 0 Å². The zero-order valence-electron chi connectivity index (χ0n) is 10.7. The van der Waals surface area contributed by atoms with Crippen LogP contribution in [0.15, 0.2) is 6.07 Å². The Morgan fingerprint density at radius 2 is 2.16 bits per heavy atom. The molecule has 1 aliphatic heterocycles. The Labute approximate surface area is 113 Å². The van der Waals surface area contributed by atoms with Gasteiger partial charge in [0.15, 0.2) is 0 Å². The number of rotatable bonds is 2. The van der Waals surface area contributed by atoms with Crippen molar-refractivity contribution in [2.24, 2.45) is 0 Å². The summed E-state index contributed by atoms with van der Waals surface area (Å²) in [5, 5.41) is 3.03. The number of anilines is 2. The summed E-state index contributed by atoms with van der Waals surface area (Å²) in [6.07, 6.45) is -4.53. The van der Waals surface area contributed by atoms with E-state index < -0.39 is 12.0 Å². The molecule has 0 aromatic carbocycles. The lowest BCUT2D eigenvalue weighted by atomic mass is 10.3. The number of nitrogens with one attached hydrogen (secondary N) is 1. The van der Waals surface area contributed by atoms with Crippen molar-refractivity contribution in [2.45, 2.75) is 18.3 Å². The topological polar surface area (TPSA) is 41.0 Å². The zero-order valence-corrected chi connectivity index (χ0v) is 11.5. The number of nitrogens with zero attached hydrogens (tertiary/aromatic N) is 3. The van der Waals surface area contributed by atoms with E-state index in [9.17, 15) is 13.2 Å². The van der Waals surface area contributed by atoms with Crippen LogP contribution in [-0.4, -0.2) is 41.1 Å². The van der Waals surface area contributed by atoms with E-state index in [4.69, 9.17) is 0 Å². The Bertz CT molecular complexity index is 452. The number of alkyl halides is 3. The molecule has 1 saturated heterocycles. The van der Waals surface area contributed by atoms with Gasteiger partial charge in [-0.05, 0) is 0 Å². The average Bonchev–Trinajstić information content (AvgIpc) is 2.37. The molecule has 0 saturated carbocycles. The molecule has 2 rings (SSSR count). The molecule has 1 fully saturated rings. The minimum absolute atomic E-state index is 0.184. The Balaban J connectivity index is 2.34. The lowest BCUT2D eigenvalue weighted by Crippen LogP contribution is -2.37. The smallest absolute Gasteiger partial charge is 0.373 e. The summed E-state index contributed by atoms with van der Waals surface area (Å²) in [6.45, 7) is 3.45. The maximum atomic E-state index is 12.8. The highest BCUT2D eigenvalue weighted by molar-refractivity contribution is 8.00. The highest BCUT2D eigenvalue weighted by Crippen LogP contribution is 2.30. The van der Waals surface area contributed by atoms with Gasteiger partial charge >= 0.3 is 6.18 Å². The van der Waals surface area contributed by atoms with Gasteiger partial charge in [-0.15, -0.1) is 0 Å². The molecule has 106 valence electrons. The van der Waals surface area contributed by atoms with Crippen molar-refractivity contribution in [3.05, 3.63) is 11.9 Å². The minimum Gasteiger partial charge on any atom is -0.373 e. The lowest BCUT2D eigenvalue weighted by molar-refractivity contribution is -0.144. The van der Waals surface area contributed by atoms with Gasteiger partial charge in [0.2, 0.25) is 5.82 Å². The van der Waals surface area contributed by atoms with Crippen molar-refractivity contribution in [1.82, 2.24) is 9.97 Å². The molecule has 1 N–H and O–H groups in total. The van der Waals surface area contributed by atoms with Crippen LogP contribution in [0.4, 0.5) is 24.8 Å². The van der Waals surface area contributed by atoms with Gasteiger partial charge in [-0.1, -0.05) is 6.92 Å². The summed E-state index contributed by atoms with van der Waals surface area (Å²) in [5.74, 6) is 0.309. The molecule has 0 aliphatic carbocycles. The van der Waals surface area contributed by atoms with Gasteiger partial charge in [0.05, 0.1) is 0 Å². The Hall–Kier alpha value is -1.18. The van der Waals surface area contributed by atoms with Crippen molar-refractivity contribution >= 4 is 23.4 Å². The molecular formula is C11H15F3N4S. The molecule has 0 spiro atoms. The van der Waals surface area contributed by atoms with Crippen LogP contribution in [0, 0.1) is 0 Å². The molecule has 2 heterocycles. The van der Waals surface area contributed by atoms with Crippen LogP contribution in [0.2, 0.25) is 0 Å². The van der Waals surface area contributed by atoms with E-state index in [1.807, 2.05) is 16.7 Å². The fraction of sp³-hybridized carbons (Fsp3) is 0.636. The molecule has 1 aliphatic rings. The van der Waals surface area contributed by atoms with Crippen LogP contribution in [-0.2, 0) is 6.18 Å². The predicted molar refractivity (Wildman–Crippen MR) is 70.7 cm³/mol. The molecule has 1 unspecified atom stereocenters. The zero-order chi connectivity index (χ0) is 14.0.